The number of benzene rings is 1. The predicted octanol–water partition coefficient (Wildman–Crippen LogP) is 2.40. The maximum Gasteiger partial charge on any atom is 0.272 e. The Kier molecular flexibility index (Phi) is 6.71. The van der Waals surface area contributed by atoms with Crippen molar-refractivity contribution >= 4 is 17.3 Å². The Bertz CT molecular complexity index is 807. The third-order valence-corrected chi connectivity index (χ3v) is 7.22. The minimum absolute atomic E-state index is 0.0977. The van der Waals surface area contributed by atoms with Crippen LogP contribution in [0.25, 0.3) is 0 Å². The minimum Gasteiger partial charge on any atom is -0.396 e. The third-order valence-electron chi connectivity index (χ3n) is 7.22. The SMILES string of the molecule is O=C1CC(CO)CCN1C1CCN(C2CCN(c3ccc([N+](=O)[O-])cc3F)CC2)CC1. The van der Waals surface area contributed by atoms with Crippen molar-refractivity contribution in [2.24, 2.45) is 5.92 Å². The second-order valence-corrected chi connectivity index (χ2v) is 9.01. The van der Waals surface area contributed by atoms with Crippen LogP contribution in [-0.4, -0.2) is 77.2 Å². The van der Waals surface area contributed by atoms with Crippen LogP contribution in [0.1, 0.15) is 38.5 Å². The van der Waals surface area contributed by atoms with E-state index in [1.165, 1.54) is 12.1 Å². The molecule has 0 bridgehead atoms. The van der Waals surface area contributed by atoms with Crippen molar-refractivity contribution in [3.8, 4) is 0 Å². The topological polar surface area (TPSA) is 90.2 Å². The highest BCUT2D eigenvalue weighted by Crippen LogP contribution is 2.30. The molecule has 3 aliphatic heterocycles. The second-order valence-electron chi connectivity index (χ2n) is 9.01. The van der Waals surface area contributed by atoms with Crippen molar-refractivity contribution < 1.29 is 19.2 Å². The number of piperidine rings is 3. The Hall–Kier alpha value is -2.26. The first kappa shape index (κ1) is 22.0. The highest BCUT2D eigenvalue weighted by Gasteiger charge is 2.34. The number of rotatable bonds is 5. The van der Waals surface area contributed by atoms with Crippen LogP contribution in [-0.2, 0) is 4.79 Å². The van der Waals surface area contributed by atoms with E-state index in [0.717, 1.165) is 70.9 Å². The summed E-state index contributed by atoms with van der Waals surface area (Å²) in [6.07, 6.45) is 5.18. The number of amides is 1. The molecule has 0 aromatic heterocycles. The van der Waals surface area contributed by atoms with Crippen LogP contribution in [0.3, 0.4) is 0 Å². The lowest BCUT2D eigenvalue weighted by molar-refractivity contribution is -0.385. The molecule has 8 nitrogen and oxygen atoms in total. The molecule has 1 N–H and O–H groups in total. The van der Waals surface area contributed by atoms with Gasteiger partial charge in [-0.05, 0) is 44.1 Å². The van der Waals surface area contributed by atoms with Gasteiger partial charge in [0.1, 0.15) is 0 Å². The van der Waals surface area contributed by atoms with E-state index < -0.39 is 10.7 Å². The molecule has 0 saturated carbocycles. The van der Waals surface area contributed by atoms with Gasteiger partial charge in [-0.25, -0.2) is 4.39 Å². The third kappa shape index (κ3) is 4.82. The predicted molar refractivity (Wildman–Crippen MR) is 114 cm³/mol. The number of hydrogen-bond acceptors (Lipinski definition) is 6. The fourth-order valence-electron chi connectivity index (χ4n) is 5.36. The number of carbonyl (C=O) groups is 1. The maximum absolute atomic E-state index is 14.3. The van der Waals surface area contributed by atoms with Crippen molar-refractivity contribution in [2.45, 2.75) is 50.6 Å². The molecule has 1 aromatic rings. The average Bonchev–Trinajstić information content (AvgIpc) is 2.79. The van der Waals surface area contributed by atoms with Crippen molar-refractivity contribution in [1.82, 2.24) is 9.80 Å². The molecule has 3 saturated heterocycles. The summed E-state index contributed by atoms with van der Waals surface area (Å²) < 4.78 is 14.3. The van der Waals surface area contributed by atoms with Crippen LogP contribution in [0.5, 0.6) is 0 Å². The summed E-state index contributed by atoms with van der Waals surface area (Å²) in [4.78, 5) is 29.2. The van der Waals surface area contributed by atoms with Crippen LogP contribution in [0.2, 0.25) is 0 Å². The monoisotopic (exact) mass is 434 g/mol. The first-order valence-electron chi connectivity index (χ1n) is 11.3. The number of nitrogens with zero attached hydrogens (tertiary/aromatic N) is 4. The van der Waals surface area contributed by atoms with E-state index in [4.69, 9.17) is 0 Å². The summed E-state index contributed by atoms with van der Waals surface area (Å²) in [5.41, 5.74) is 0.214. The van der Waals surface area contributed by atoms with Crippen molar-refractivity contribution in [3.63, 3.8) is 0 Å². The number of likely N-dealkylation sites (tertiary alicyclic amines) is 2. The van der Waals surface area contributed by atoms with Gasteiger partial charge in [-0.1, -0.05) is 0 Å². The molecule has 3 aliphatic rings. The molecule has 1 aromatic carbocycles. The molecule has 0 aliphatic carbocycles. The summed E-state index contributed by atoms with van der Waals surface area (Å²) in [6.45, 7) is 4.25. The Balaban J connectivity index is 1.26. The number of hydrogen-bond donors (Lipinski definition) is 1. The smallest absolute Gasteiger partial charge is 0.272 e. The van der Waals surface area contributed by atoms with Gasteiger partial charge in [-0.15, -0.1) is 0 Å². The van der Waals surface area contributed by atoms with Gasteiger partial charge in [0, 0.05) is 63.9 Å². The van der Waals surface area contributed by atoms with Crippen molar-refractivity contribution in [3.05, 3.63) is 34.1 Å². The summed E-state index contributed by atoms with van der Waals surface area (Å²) in [5.74, 6) is -0.236. The van der Waals surface area contributed by atoms with E-state index in [1.807, 2.05) is 9.80 Å². The zero-order chi connectivity index (χ0) is 22.0. The molecular formula is C22H31FN4O4. The first-order valence-corrected chi connectivity index (χ1v) is 11.3. The molecule has 1 atom stereocenters. The molecule has 0 spiro atoms. The second kappa shape index (κ2) is 9.48. The lowest BCUT2D eigenvalue weighted by atomic mass is 9.92. The first-order chi connectivity index (χ1) is 15.0. The van der Waals surface area contributed by atoms with E-state index >= 15 is 0 Å². The van der Waals surface area contributed by atoms with Gasteiger partial charge < -0.3 is 19.8 Å². The van der Waals surface area contributed by atoms with Crippen LogP contribution >= 0.6 is 0 Å². The van der Waals surface area contributed by atoms with Gasteiger partial charge in [0.25, 0.3) is 5.69 Å². The lowest BCUT2D eigenvalue weighted by Crippen LogP contribution is -2.53. The van der Waals surface area contributed by atoms with Crippen LogP contribution < -0.4 is 4.90 Å². The van der Waals surface area contributed by atoms with E-state index in [0.29, 0.717) is 24.2 Å². The van der Waals surface area contributed by atoms with E-state index in [1.54, 1.807) is 0 Å². The number of anilines is 1. The summed E-state index contributed by atoms with van der Waals surface area (Å²) in [5, 5.41) is 20.1. The van der Waals surface area contributed by atoms with Crippen molar-refractivity contribution in [2.75, 3.05) is 44.2 Å². The quantitative estimate of drug-likeness (QED) is 0.565. The van der Waals surface area contributed by atoms with E-state index in [-0.39, 0.29) is 24.1 Å². The number of nitro groups is 1. The number of aliphatic hydroxyl groups excluding tert-OH is 1. The van der Waals surface area contributed by atoms with Crippen LogP contribution in [0.15, 0.2) is 18.2 Å². The number of non-ortho nitro benzene ring substituents is 1. The van der Waals surface area contributed by atoms with Gasteiger partial charge in [-0.3, -0.25) is 14.9 Å². The molecule has 170 valence electrons. The summed E-state index contributed by atoms with van der Waals surface area (Å²) >= 11 is 0. The minimum atomic E-state index is -0.578. The lowest BCUT2D eigenvalue weighted by Gasteiger charge is -2.45. The number of halogens is 1. The Morgan fingerprint density at radius 2 is 1.71 bits per heavy atom. The maximum atomic E-state index is 14.3. The largest absolute Gasteiger partial charge is 0.396 e. The molecule has 4 rings (SSSR count). The highest BCUT2D eigenvalue weighted by molar-refractivity contribution is 5.77. The molecule has 31 heavy (non-hydrogen) atoms. The molecule has 1 unspecified atom stereocenters. The molecule has 3 fully saturated rings. The highest BCUT2D eigenvalue weighted by atomic mass is 19.1. The zero-order valence-electron chi connectivity index (χ0n) is 17.8. The molecule has 9 heteroatoms. The van der Waals surface area contributed by atoms with E-state index in [2.05, 4.69) is 4.90 Å². The Morgan fingerprint density at radius 1 is 1.03 bits per heavy atom. The van der Waals surface area contributed by atoms with E-state index in [9.17, 15) is 24.4 Å². The molecular weight excluding hydrogens is 403 g/mol. The zero-order valence-corrected chi connectivity index (χ0v) is 17.8. The standard InChI is InChI=1S/C22H31FN4O4/c23-20-14-19(27(30)31)1-2-21(20)25-10-4-17(5-11-25)24-8-6-18(7-9-24)26-12-3-16(15-28)13-22(26)29/h1-2,14,16-18,28H,3-13,15H2. The van der Waals surface area contributed by atoms with Gasteiger partial charge in [0.05, 0.1) is 16.7 Å². The molecule has 1 amide bonds. The van der Waals surface area contributed by atoms with Crippen molar-refractivity contribution in [1.29, 1.82) is 0 Å². The van der Waals surface area contributed by atoms with Gasteiger partial charge in [-0.2, -0.15) is 0 Å². The van der Waals surface area contributed by atoms with Gasteiger partial charge >= 0.3 is 0 Å². The Labute approximate surface area is 181 Å². The number of nitro benzene ring substituents is 1. The van der Waals surface area contributed by atoms with Gasteiger partial charge in [0.2, 0.25) is 5.91 Å². The number of aliphatic hydroxyl groups is 1. The molecule has 0 radical (unpaired) electrons. The molecule has 3 heterocycles. The summed E-state index contributed by atoms with van der Waals surface area (Å²) in [6, 6.07) is 4.62. The van der Waals surface area contributed by atoms with Gasteiger partial charge in [0.15, 0.2) is 5.82 Å². The number of carbonyl (C=O) groups excluding carboxylic acids is 1. The normalized spacial score (nSPS) is 24.6. The Morgan fingerprint density at radius 3 is 2.29 bits per heavy atom. The average molecular weight is 435 g/mol. The van der Waals surface area contributed by atoms with Crippen LogP contribution in [0.4, 0.5) is 15.8 Å². The van der Waals surface area contributed by atoms with Crippen LogP contribution in [0, 0.1) is 21.8 Å². The fourth-order valence-corrected chi connectivity index (χ4v) is 5.36. The fraction of sp³-hybridized carbons (Fsp3) is 0.682. The summed E-state index contributed by atoms with van der Waals surface area (Å²) in [7, 11) is 0.